The van der Waals surface area contributed by atoms with Gasteiger partial charge in [-0.1, -0.05) is 66.7 Å². The molecule has 6 heteroatoms. The molecular formula is C27H22N2O3S. The third kappa shape index (κ3) is 3.94. The van der Waals surface area contributed by atoms with Crippen LogP contribution < -0.4 is 15.0 Å². The van der Waals surface area contributed by atoms with Crippen molar-refractivity contribution in [2.45, 2.75) is 5.37 Å². The van der Waals surface area contributed by atoms with Gasteiger partial charge in [0.15, 0.2) is 0 Å². The normalized spacial score (nSPS) is 15.6. The van der Waals surface area contributed by atoms with Crippen LogP contribution in [0.15, 0.2) is 91.0 Å². The molecule has 0 aliphatic carbocycles. The Morgan fingerprint density at radius 2 is 1.67 bits per heavy atom. The maximum Gasteiger partial charge on any atom is 0.256 e. The van der Waals surface area contributed by atoms with Crippen LogP contribution in [0.2, 0.25) is 0 Å². The van der Waals surface area contributed by atoms with E-state index in [0.29, 0.717) is 22.8 Å². The van der Waals surface area contributed by atoms with Crippen molar-refractivity contribution in [3.63, 3.8) is 0 Å². The quantitative estimate of drug-likeness (QED) is 0.409. The molecule has 0 saturated carbocycles. The van der Waals surface area contributed by atoms with Crippen molar-refractivity contribution in [3.05, 3.63) is 102 Å². The van der Waals surface area contributed by atoms with E-state index in [1.54, 1.807) is 12.0 Å². The van der Waals surface area contributed by atoms with Gasteiger partial charge in [-0.15, -0.1) is 11.8 Å². The van der Waals surface area contributed by atoms with Crippen LogP contribution in [0.4, 0.5) is 11.4 Å². The summed E-state index contributed by atoms with van der Waals surface area (Å²) < 4.78 is 5.51. The van der Waals surface area contributed by atoms with Crippen molar-refractivity contribution in [2.24, 2.45) is 0 Å². The van der Waals surface area contributed by atoms with Crippen molar-refractivity contribution in [1.82, 2.24) is 0 Å². The summed E-state index contributed by atoms with van der Waals surface area (Å²) in [5.41, 5.74) is 2.88. The van der Waals surface area contributed by atoms with Crippen LogP contribution in [0.3, 0.4) is 0 Å². The Kier molecular flexibility index (Phi) is 5.75. The van der Waals surface area contributed by atoms with Crippen molar-refractivity contribution in [2.75, 3.05) is 23.1 Å². The lowest BCUT2D eigenvalue weighted by molar-refractivity contribution is -0.115. The van der Waals surface area contributed by atoms with Crippen LogP contribution in [0.5, 0.6) is 5.75 Å². The van der Waals surface area contributed by atoms with Gasteiger partial charge >= 0.3 is 0 Å². The Bertz CT molecular complexity index is 1350. The van der Waals surface area contributed by atoms with Crippen LogP contribution >= 0.6 is 11.8 Å². The number of carbonyl (C=O) groups excluding carboxylic acids is 2. The van der Waals surface area contributed by atoms with Crippen LogP contribution in [0.25, 0.3) is 10.8 Å². The number of methoxy groups -OCH3 is 1. The van der Waals surface area contributed by atoms with Crippen molar-refractivity contribution < 1.29 is 14.3 Å². The summed E-state index contributed by atoms with van der Waals surface area (Å²) >= 11 is 1.53. The number of rotatable bonds is 5. The number of hydrogen-bond donors (Lipinski definition) is 1. The lowest BCUT2D eigenvalue weighted by Crippen LogP contribution is -2.29. The summed E-state index contributed by atoms with van der Waals surface area (Å²) in [4.78, 5) is 27.9. The molecule has 1 atom stereocenters. The molecule has 1 fully saturated rings. The van der Waals surface area contributed by atoms with E-state index in [1.165, 1.54) is 11.8 Å². The minimum Gasteiger partial charge on any atom is -0.495 e. The number of ether oxygens (including phenoxy) is 1. The zero-order valence-electron chi connectivity index (χ0n) is 18.0. The zero-order valence-corrected chi connectivity index (χ0v) is 18.8. The van der Waals surface area contributed by atoms with E-state index in [9.17, 15) is 9.59 Å². The highest BCUT2D eigenvalue weighted by atomic mass is 32.2. The Hall–Kier alpha value is -3.77. The summed E-state index contributed by atoms with van der Waals surface area (Å²) in [7, 11) is 1.60. The number of carbonyl (C=O) groups is 2. The first-order valence-corrected chi connectivity index (χ1v) is 11.7. The molecule has 1 aliphatic rings. The van der Waals surface area contributed by atoms with E-state index >= 15 is 0 Å². The number of hydrogen-bond acceptors (Lipinski definition) is 4. The molecule has 0 radical (unpaired) electrons. The third-order valence-electron chi connectivity index (χ3n) is 5.72. The number of anilines is 2. The van der Waals surface area contributed by atoms with Crippen LogP contribution in [0.1, 0.15) is 21.3 Å². The van der Waals surface area contributed by atoms with E-state index in [1.807, 2.05) is 91.0 Å². The second-order valence-electron chi connectivity index (χ2n) is 7.67. The first-order chi connectivity index (χ1) is 16.2. The molecule has 4 aromatic carbocycles. The Morgan fingerprint density at radius 1 is 0.939 bits per heavy atom. The maximum absolute atomic E-state index is 13.3. The molecular weight excluding hydrogens is 432 g/mol. The summed E-state index contributed by atoms with van der Waals surface area (Å²) in [5, 5.41) is 4.72. The van der Waals surface area contributed by atoms with Gasteiger partial charge in [-0.05, 0) is 35.0 Å². The molecule has 1 saturated heterocycles. The number of nitrogens with one attached hydrogen (secondary N) is 1. The molecule has 1 aliphatic heterocycles. The van der Waals surface area contributed by atoms with Crippen LogP contribution in [-0.4, -0.2) is 24.7 Å². The number of para-hydroxylation sites is 3. The standard InChI is InChI=1S/C27H22N2O3S/c1-32-24-16-7-6-15-23(24)29-25(30)17-33-27(29)21-12-4-5-14-22(21)28-26(31)20-13-8-10-18-9-2-3-11-19(18)20/h2-16,27H,17H2,1H3,(H,28,31). The molecule has 5 nitrogen and oxygen atoms in total. The van der Waals surface area contributed by atoms with Gasteiger partial charge in [0.1, 0.15) is 11.1 Å². The SMILES string of the molecule is COc1ccccc1N1C(=O)CSC1c1ccccc1NC(=O)c1cccc2ccccc12. The topological polar surface area (TPSA) is 58.6 Å². The summed E-state index contributed by atoms with van der Waals surface area (Å²) in [6.07, 6.45) is 0. The number of nitrogens with zero attached hydrogens (tertiary/aromatic N) is 1. The average molecular weight is 455 g/mol. The van der Waals surface area contributed by atoms with E-state index in [2.05, 4.69) is 5.32 Å². The Labute approximate surface area is 196 Å². The minimum absolute atomic E-state index is 0.00434. The van der Waals surface area contributed by atoms with Crippen molar-refractivity contribution in [1.29, 1.82) is 0 Å². The minimum atomic E-state index is -0.280. The third-order valence-corrected chi connectivity index (χ3v) is 6.92. The molecule has 1 heterocycles. The van der Waals surface area contributed by atoms with E-state index in [-0.39, 0.29) is 17.2 Å². The molecule has 5 rings (SSSR count). The van der Waals surface area contributed by atoms with E-state index in [4.69, 9.17) is 4.74 Å². The number of benzene rings is 4. The second-order valence-corrected chi connectivity index (χ2v) is 8.74. The Morgan fingerprint density at radius 3 is 2.55 bits per heavy atom. The average Bonchev–Trinajstić information content (AvgIpc) is 3.24. The van der Waals surface area contributed by atoms with E-state index in [0.717, 1.165) is 22.0 Å². The predicted molar refractivity (Wildman–Crippen MR) is 134 cm³/mol. The van der Waals surface area contributed by atoms with Gasteiger partial charge in [-0.3, -0.25) is 14.5 Å². The molecule has 0 spiro atoms. The molecule has 4 aromatic rings. The summed E-state index contributed by atoms with van der Waals surface area (Å²) in [5.74, 6) is 0.812. The number of fused-ring (bicyclic) bond motifs is 1. The summed E-state index contributed by atoms with van der Waals surface area (Å²) in [6.45, 7) is 0. The molecule has 2 amide bonds. The van der Waals surface area contributed by atoms with Gasteiger partial charge in [-0.2, -0.15) is 0 Å². The maximum atomic E-state index is 13.3. The Balaban J connectivity index is 1.51. The molecule has 0 bridgehead atoms. The number of thioether (sulfide) groups is 1. The summed E-state index contributed by atoms with van der Waals surface area (Å²) in [6, 6.07) is 28.7. The van der Waals surface area contributed by atoms with Gasteiger partial charge in [0.05, 0.1) is 18.6 Å². The molecule has 33 heavy (non-hydrogen) atoms. The lowest BCUT2D eigenvalue weighted by atomic mass is 10.0. The van der Waals surface area contributed by atoms with Crippen LogP contribution in [-0.2, 0) is 4.79 Å². The monoisotopic (exact) mass is 454 g/mol. The first-order valence-electron chi connectivity index (χ1n) is 10.6. The molecule has 1 N–H and O–H groups in total. The largest absolute Gasteiger partial charge is 0.495 e. The highest BCUT2D eigenvalue weighted by molar-refractivity contribution is 8.00. The van der Waals surface area contributed by atoms with Gasteiger partial charge in [0.25, 0.3) is 5.91 Å². The fraction of sp³-hybridized carbons (Fsp3) is 0.111. The molecule has 1 unspecified atom stereocenters. The predicted octanol–water partition coefficient (Wildman–Crippen LogP) is 5.88. The zero-order chi connectivity index (χ0) is 22.8. The highest BCUT2D eigenvalue weighted by Gasteiger charge is 2.36. The van der Waals surface area contributed by atoms with Gasteiger partial charge in [0, 0.05) is 16.8 Å². The second kappa shape index (κ2) is 9.00. The first kappa shape index (κ1) is 21.1. The fourth-order valence-electron chi connectivity index (χ4n) is 4.18. The van der Waals surface area contributed by atoms with Crippen molar-refractivity contribution in [3.8, 4) is 5.75 Å². The fourth-order valence-corrected chi connectivity index (χ4v) is 5.39. The smallest absolute Gasteiger partial charge is 0.256 e. The van der Waals surface area contributed by atoms with Crippen LogP contribution in [0, 0.1) is 0 Å². The highest BCUT2D eigenvalue weighted by Crippen LogP contribution is 2.46. The van der Waals surface area contributed by atoms with Gasteiger partial charge in [0.2, 0.25) is 5.91 Å². The van der Waals surface area contributed by atoms with E-state index < -0.39 is 0 Å². The van der Waals surface area contributed by atoms with Gasteiger partial charge in [-0.25, -0.2) is 0 Å². The molecule has 164 valence electrons. The van der Waals surface area contributed by atoms with Crippen molar-refractivity contribution >= 4 is 45.7 Å². The lowest BCUT2D eigenvalue weighted by Gasteiger charge is -2.27. The molecule has 0 aromatic heterocycles. The van der Waals surface area contributed by atoms with Gasteiger partial charge < -0.3 is 10.1 Å². The number of amides is 2.